The van der Waals surface area contributed by atoms with Crippen LogP contribution in [0.2, 0.25) is 0 Å². The topological polar surface area (TPSA) is 99.2 Å². The molecule has 0 heterocycles. The SMILES string of the molecule is CC[C@H](C)[C@H](NC(=O)OCC1c2ccccc2-c2ccccc21)C(=O)N(CCN(C)C)CC(=O)O. The molecule has 0 saturated carbocycles. The number of carbonyl (C=O) groups is 3. The average molecular weight is 482 g/mol. The van der Waals surface area contributed by atoms with E-state index in [1.54, 1.807) is 0 Å². The number of carboxylic acids is 1. The van der Waals surface area contributed by atoms with Gasteiger partial charge < -0.3 is 25.0 Å². The molecule has 0 aromatic heterocycles. The molecule has 0 spiro atoms. The van der Waals surface area contributed by atoms with Crippen molar-refractivity contribution >= 4 is 18.0 Å². The summed E-state index contributed by atoms with van der Waals surface area (Å²) in [6.07, 6.45) is -0.0531. The zero-order valence-electron chi connectivity index (χ0n) is 20.9. The van der Waals surface area contributed by atoms with E-state index in [9.17, 15) is 19.5 Å². The molecule has 2 aromatic rings. The Balaban J connectivity index is 1.71. The molecule has 188 valence electrons. The van der Waals surface area contributed by atoms with Crippen molar-refractivity contribution in [1.29, 1.82) is 0 Å². The lowest BCUT2D eigenvalue weighted by Gasteiger charge is -2.30. The van der Waals surface area contributed by atoms with Gasteiger partial charge in [0.1, 0.15) is 19.2 Å². The molecular weight excluding hydrogens is 446 g/mol. The number of benzene rings is 2. The minimum atomic E-state index is -1.10. The van der Waals surface area contributed by atoms with Gasteiger partial charge in [0.05, 0.1) is 0 Å². The third-order valence-electron chi connectivity index (χ3n) is 6.55. The summed E-state index contributed by atoms with van der Waals surface area (Å²) in [6.45, 7) is 4.25. The molecule has 0 radical (unpaired) electrons. The van der Waals surface area contributed by atoms with Gasteiger partial charge in [-0.15, -0.1) is 0 Å². The molecule has 1 aliphatic rings. The van der Waals surface area contributed by atoms with Crippen LogP contribution in [0.4, 0.5) is 4.79 Å². The summed E-state index contributed by atoms with van der Waals surface area (Å²) in [7, 11) is 3.70. The van der Waals surface area contributed by atoms with Crippen LogP contribution in [0.15, 0.2) is 48.5 Å². The van der Waals surface area contributed by atoms with E-state index in [0.717, 1.165) is 22.3 Å². The van der Waals surface area contributed by atoms with Gasteiger partial charge >= 0.3 is 12.1 Å². The van der Waals surface area contributed by atoms with Gasteiger partial charge in [-0.1, -0.05) is 68.8 Å². The van der Waals surface area contributed by atoms with Crippen LogP contribution in [0.1, 0.15) is 37.3 Å². The molecule has 8 nitrogen and oxygen atoms in total. The van der Waals surface area contributed by atoms with Crippen molar-refractivity contribution in [2.24, 2.45) is 5.92 Å². The van der Waals surface area contributed by atoms with Crippen LogP contribution in [-0.4, -0.2) is 79.3 Å². The summed E-state index contributed by atoms with van der Waals surface area (Å²) >= 11 is 0. The number of fused-ring (bicyclic) bond motifs is 3. The van der Waals surface area contributed by atoms with Gasteiger partial charge in [-0.3, -0.25) is 9.59 Å². The molecule has 35 heavy (non-hydrogen) atoms. The number of nitrogens with one attached hydrogen (secondary N) is 1. The van der Waals surface area contributed by atoms with Crippen LogP contribution in [0.3, 0.4) is 0 Å². The summed E-state index contributed by atoms with van der Waals surface area (Å²) in [5.74, 6) is -1.80. The van der Waals surface area contributed by atoms with Crippen LogP contribution in [0.25, 0.3) is 11.1 Å². The molecule has 2 N–H and O–H groups in total. The zero-order valence-corrected chi connectivity index (χ0v) is 20.9. The molecular formula is C27H35N3O5. The van der Waals surface area contributed by atoms with E-state index in [4.69, 9.17) is 4.74 Å². The Labute approximate surface area is 206 Å². The van der Waals surface area contributed by atoms with Crippen LogP contribution in [0, 0.1) is 5.92 Å². The number of carbonyl (C=O) groups excluding carboxylic acids is 2. The molecule has 0 fully saturated rings. The largest absolute Gasteiger partial charge is 0.480 e. The van der Waals surface area contributed by atoms with Gasteiger partial charge in [0.2, 0.25) is 5.91 Å². The average Bonchev–Trinajstić information content (AvgIpc) is 3.16. The first-order valence-corrected chi connectivity index (χ1v) is 12.0. The van der Waals surface area contributed by atoms with Gasteiger partial charge in [0.15, 0.2) is 0 Å². The number of ether oxygens (including phenoxy) is 1. The molecule has 0 unspecified atom stereocenters. The highest BCUT2D eigenvalue weighted by Gasteiger charge is 2.33. The maximum Gasteiger partial charge on any atom is 0.407 e. The highest BCUT2D eigenvalue weighted by Crippen LogP contribution is 2.44. The molecule has 2 amide bonds. The smallest absolute Gasteiger partial charge is 0.407 e. The highest BCUT2D eigenvalue weighted by molar-refractivity contribution is 5.88. The summed E-state index contributed by atoms with van der Waals surface area (Å²) < 4.78 is 5.63. The van der Waals surface area contributed by atoms with Crippen molar-refractivity contribution in [2.75, 3.05) is 40.3 Å². The monoisotopic (exact) mass is 481 g/mol. The fourth-order valence-corrected chi connectivity index (χ4v) is 4.40. The van der Waals surface area contributed by atoms with Gasteiger partial charge in [0, 0.05) is 19.0 Å². The number of likely N-dealkylation sites (N-methyl/N-ethyl adjacent to an activating group) is 1. The lowest BCUT2D eigenvalue weighted by Crippen LogP contribution is -2.54. The van der Waals surface area contributed by atoms with Gasteiger partial charge in [-0.05, 0) is 42.3 Å². The minimum Gasteiger partial charge on any atom is -0.480 e. The fourth-order valence-electron chi connectivity index (χ4n) is 4.40. The third-order valence-corrected chi connectivity index (χ3v) is 6.55. The maximum absolute atomic E-state index is 13.3. The summed E-state index contributed by atoms with van der Waals surface area (Å²) in [6, 6.07) is 15.3. The van der Waals surface area contributed by atoms with E-state index in [0.29, 0.717) is 13.0 Å². The van der Waals surface area contributed by atoms with Crippen molar-refractivity contribution in [3.05, 3.63) is 59.7 Å². The molecule has 0 saturated heterocycles. The Kier molecular flexibility index (Phi) is 8.87. The summed E-state index contributed by atoms with van der Waals surface area (Å²) in [5.41, 5.74) is 4.48. The van der Waals surface area contributed by atoms with Crippen molar-refractivity contribution in [3.63, 3.8) is 0 Å². The standard InChI is InChI=1S/C27H35N3O5/c1-5-18(2)25(26(33)30(16-24(31)32)15-14-29(3)4)28-27(34)35-17-23-21-12-8-6-10-19(21)20-11-7-9-13-22(20)23/h6-13,18,23,25H,5,14-17H2,1-4H3,(H,28,34)(H,31,32)/t18-,25-/m0/s1. The molecule has 2 aromatic carbocycles. The Hall–Kier alpha value is -3.39. The van der Waals surface area contributed by atoms with Crippen LogP contribution in [0.5, 0.6) is 0 Å². The quantitative estimate of drug-likeness (QED) is 0.510. The molecule has 2 atom stereocenters. The van der Waals surface area contributed by atoms with Crippen LogP contribution < -0.4 is 5.32 Å². The van der Waals surface area contributed by atoms with E-state index >= 15 is 0 Å². The predicted molar refractivity (Wildman–Crippen MR) is 134 cm³/mol. The Morgan fingerprint density at radius 1 is 1.00 bits per heavy atom. The second kappa shape index (κ2) is 11.8. The van der Waals surface area contributed by atoms with Crippen LogP contribution in [-0.2, 0) is 14.3 Å². The number of nitrogens with zero attached hydrogens (tertiary/aromatic N) is 2. The van der Waals surface area contributed by atoms with Crippen molar-refractivity contribution in [3.8, 4) is 11.1 Å². The fraction of sp³-hybridized carbons (Fsp3) is 0.444. The number of alkyl carbamates (subject to hydrolysis) is 1. The molecule has 0 aliphatic heterocycles. The maximum atomic E-state index is 13.3. The molecule has 8 heteroatoms. The van der Waals surface area contributed by atoms with E-state index < -0.39 is 30.6 Å². The van der Waals surface area contributed by atoms with Crippen molar-refractivity contribution < 1.29 is 24.2 Å². The first kappa shape index (κ1) is 26.2. The molecule has 1 aliphatic carbocycles. The third kappa shape index (κ3) is 6.39. The Morgan fingerprint density at radius 3 is 2.09 bits per heavy atom. The number of hydrogen-bond acceptors (Lipinski definition) is 5. The first-order valence-electron chi connectivity index (χ1n) is 12.0. The lowest BCUT2D eigenvalue weighted by atomic mass is 9.97. The van der Waals surface area contributed by atoms with Gasteiger partial charge in [0.25, 0.3) is 0 Å². The number of rotatable bonds is 11. The normalized spacial score (nSPS) is 14.1. The number of hydrogen-bond donors (Lipinski definition) is 2. The number of aliphatic carboxylic acids is 1. The number of amides is 2. The van der Waals surface area contributed by atoms with Crippen LogP contribution >= 0.6 is 0 Å². The van der Waals surface area contributed by atoms with Gasteiger partial charge in [-0.2, -0.15) is 0 Å². The summed E-state index contributed by atoms with van der Waals surface area (Å²) in [5, 5.41) is 12.0. The zero-order chi connectivity index (χ0) is 25.5. The van der Waals surface area contributed by atoms with E-state index in [-0.39, 0.29) is 25.0 Å². The van der Waals surface area contributed by atoms with Gasteiger partial charge in [-0.25, -0.2) is 4.79 Å². The second-order valence-electron chi connectivity index (χ2n) is 9.29. The Bertz CT molecular complexity index is 1010. The number of carboxylic acid groups (broad SMARTS) is 1. The summed E-state index contributed by atoms with van der Waals surface area (Å²) in [4.78, 5) is 40.7. The lowest BCUT2D eigenvalue weighted by molar-refractivity contribution is -0.146. The van der Waals surface area contributed by atoms with E-state index in [2.05, 4.69) is 17.4 Å². The Morgan fingerprint density at radius 2 is 1.57 bits per heavy atom. The molecule has 0 bridgehead atoms. The minimum absolute atomic E-state index is 0.0884. The van der Waals surface area contributed by atoms with Crippen molar-refractivity contribution in [1.82, 2.24) is 15.1 Å². The first-order chi connectivity index (χ1) is 16.7. The molecule has 3 rings (SSSR count). The van der Waals surface area contributed by atoms with E-state index in [1.165, 1.54) is 4.90 Å². The predicted octanol–water partition coefficient (Wildman–Crippen LogP) is 3.41. The highest BCUT2D eigenvalue weighted by atomic mass is 16.5. The van der Waals surface area contributed by atoms with Crippen molar-refractivity contribution in [2.45, 2.75) is 32.2 Å². The second-order valence-corrected chi connectivity index (χ2v) is 9.29. The van der Waals surface area contributed by atoms with E-state index in [1.807, 2.05) is 69.2 Å².